The van der Waals surface area contributed by atoms with Crippen molar-refractivity contribution in [1.29, 1.82) is 0 Å². The number of benzene rings is 7. The lowest BCUT2D eigenvalue weighted by Crippen LogP contribution is -2.14. The Hall–Kier alpha value is -5.92. The predicted molar refractivity (Wildman–Crippen MR) is 204 cm³/mol. The van der Waals surface area contributed by atoms with Crippen LogP contribution in [0.1, 0.15) is 36.1 Å². The molecule has 7 aromatic rings. The van der Waals surface area contributed by atoms with Gasteiger partial charge in [-0.05, 0) is 109 Å². The van der Waals surface area contributed by atoms with E-state index >= 15 is 0 Å². The van der Waals surface area contributed by atoms with Gasteiger partial charge >= 0.3 is 0 Å². The largest absolute Gasteiger partial charge is 0.309 e. The molecule has 0 N–H and O–H groups in total. The zero-order valence-corrected chi connectivity index (χ0v) is 27.2. The van der Waals surface area contributed by atoms with Gasteiger partial charge in [0.15, 0.2) is 0 Å². The van der Waals surface area contributed by atoms with Gasteiger partial charge in [-0.2, -0.15) is 0 Å². The van der Waals surface area contributed by atoms with E-state index in [1.54, 1.807) is 0 Å². The van der Waals surface area contributed by atoms with Crippen LogP contribution in [0.5, 0.6) is 0 Å². The normalized spacial score (nSPS) is 13.7. The molecule has 0 amide bonds. The van der Waals surface area contributed by atoms with Crippen molar-refractivity contribution >= 4 is 29.2 Å². The molecule has 0 unspecified atom stereocenters. The third-order valence-corrected chi connectivity index (χ3v) is 10.2. The lowest BCUT2D eigenvalue weighted by Gasteiger charge is -2.29. The highest BCUT2D eigenvalue weighted by Gasteiger charge is 2.35. The average Bonchev–Trinajstić information content (AvgIpc) is 3.26. The maximum Gasteiger partial charge on any atom is 0.0534 e. The van der Waals surface area contributed by atoms with Gasteiger partial charge in [0.1, 0.15) is 0 Å². The number of rotatable bonds is 4. The Morgan fingerprint density at radius 2 is 0.938 bits per heavy atom. The monoisotopic (exact) mass is 613 g/mol. The summed E-state index contributed by atoms with van der Waals surface area (Å²) >= 11 is 0. The molecule has 0 saturated carbocycles. The third-order valence-electron chi connectivity index (χ3n) is 10.2. The van der Waals surface area contributed by atoms with Crippen molar-refractivity contribution in [3.63, 3.8) is 0 Å². The molecule has 1 nitrogen and oxygen atoms in total. The number of hydrogen-bond donors (Lipinski definition) is 0. The number of para-hydroxylation sites is 1. The summed E-state index contributed by atoms with van der Waals surface area (Å²) in [5.74, 6) is 0. The summed E-state index contributed by atoms with van der Waals surface area (Å²) in [5.41, 5.74) is 18.6. The smallest absolute Gasteiger partial charge is 0.0534 e. The summed E-state index contributed by atoms with van der Waals surface area (Å²) in [6.07, 6.45) is 4.55. The van der Waals surface area contributed by atoms with Gasteiger partial charge in [0.25, 0.3) is 0 Å². The molecule has 2 aliphatic rings. The highest BCUT2D eigenvalue weighted by Crippen LogP contribution is 2.50. The van der Waals surface area contributed by atoms with Crippen molar-refractivity contribution in [3.8, 4) is 44.5 Å². The van der Waals surface area contributed by atoms with Crippen LogP contribution in [0, 0.1) is 0 Å². The van der Waals surface area contributed by atoms with Crippen LogP contribution in [-0.4, -0.2) is 0 Å². The maximum absolute atomic E-state index is 2.44. The molecule has 0 saturated heterocycles. The van der Waals surface area contributed by atoms with Crippen LogP contribution in [0.25, 0.3) is 56.7 Å². The van der Waals surface area contributed by atoms with E-state index in [4.69, 9.17) is 0 Å². The van der Waals surface area contributed by atoms with Crippen molar-refractivity contribution in [2.75, 3.05) is 4.90 Å². The number of nitrogens with zero attached hydrogens (tertiary/aromatic N) is 1. The van der Waals surface area contributed by atoms with Crippen LogP contribution in [-0.2, 0) is 5.41 Å². The second-order valence-electron chi connectivity index (χ2n) is 13.4. The van der Waals surface area contributed by atoms with Gasteiger partial charge in [-0.15, -0.1) is 0 Å². The predicted octanol–water partition coefficient (Wildman–Crippen LogP) is 12.9. The molecule has 0 radical (unpaired) electrons. The molecule has 7 aromatic carbocycles. The summed E-state index contributed by atoms with van der Waals surface area (Å²) in [7, 11) is 0. The van der Waals surface area contributed by atoms with Crippen LogP contribution in [0.3, 0.4) is 0 Å². The molecule has 1 heterocycles. The molecule has 48 heavy (non-hydrogen) atoms. The molecule has 228 valence electrons. The van der Waals surface area contributed by atoms with Crippen LogP contribution in [0.15, 0.2) is 164 Å². The Morgan fingerprint density at radius 1 is 0.375 bits per heavy atom. The van der Waals surface area contributed by atoms with E-state index in [1.165, 1.54) is 72.4 Å². The summed E-state index contributed by atoms with van der Waals surface area (Å²) in [6.45, 7) is 4.70. The average molecular weight is 614 g/mol. The first-order valence-electron chi connectivity index (χ1n) is 16.8. The Bertz CT molecular complexity index is 2300. The lowest BCUT2D eigenvalue weighted by molar-refractivity contribution is 0.660. The van der Waals surface area contributed by atoms with E-state index in [1.807, 2.05) is 0 Å². The Balaban J connectivity index is 1.21. The molecular formula is C47H35N. The van der Waals surface area contributed by atoms with Gasteiger partial charge < -0.3 is 4.90 Å². The standard InChI is InChI=1S/C47H35N/c1-47(2)43-19-11-10-18-41(43)42-25-23-36(31-44(42)47)35-24-26-46-37(27-35)22-21-34-17-9-12-20-45(34)48(46)40-29-38(32-13-5-3-6-14-32)28-39(30-40)33-15-7-4-8-16-33/h3-31H,1-2H3. The fourth-order valence-corrected chi connectivity index (χ4v) is 7.71. The first kappa shape index (κ1) is 28.3. The van der Waals surface area contributed by atoms with E-state index < -0.39 is 0 Å². The molecule has 0 fully saturated rings. The molecule has 0 spiro atoms. The zero-order chi connectivity index (χ0) is 32.2. The van der Waals surface area contributed by atoms with Gasteiger partial charge in [0, 0.05) is 11.1 Å². The van der Waals surface area contributed by atoms with Crippen molar-refractivity contribution < 1.29 is 0 Å². The highest BCUT2D eigenvalue weighted by atomic mass is 15.1. The minimum Gasteiger partial charge on any atom is -0.309 e. The first-order chi connectivity index (χ1) is 23.5. The Morgan fingerprint density at radius 3 is 1.69 bits per heavy atom. The SMILES string of the molecule is CC1(C)c2ccccc2-c2ccc(-c3ccc4c(c3)C=Cc3ccccc3N4c3cc(-c4ccccc4)cc(-c4ccccc4)c3)cc21. The summed E-state index contributed by atoms with van der Waals surface area (Å²) < 4.78 is 0. The minimum atomic E-state index is -0.0355. The van der Waals surface area contributed by atoms with E-state index in [-0.39, 0.29) is 5.41 Å². The minimum absolute atomic E-state index is 0.0355. The van der Waals surface area contributed by atoms with Gasteiger partial charge in [-0.3, -0.25) is 0 Å². The maximum atomic E-state index is 2.44. The highest BCUT2D eigenvalue weighted by molar-refractivity contribution is 5.96. The molecule has 9 rings (SSSR count). The molecular weight excluding hydrogens is 579 g/mol. The molecule has 1 aliphatic carbocycles. The molecule has 1 heteroatoms. The number of hydrogen-bond acceptors (Lipinski definition) is 1. The number of anilines is 3. The number of fused-ring (bicyclic) bond motifs is 5. The lowest BCUT2D eigenvalue weighted by atomic mass is 9.81. The van der Waals surface area contributed by atoms with Crippen LogP contribution in [0.4, 0.5) is 17.1 Å². The fraction of sp³-hybridized carbons (Fsp3) is 0.0638. The van der Waals surface area contributed by atoms with Gasteiger partial charge in [-0.25, -0.2) is 0 Å². The van der Waals surface area contributed by atoms with Gasteiger partial charge in [-0.1, -0.05) is 147 Å². The summed E-state index contributed by atoms with van der Waals surface area (Å²) in [5, 5.41) is 0. The Labute approximate surface area is 283 Å². The van der Waals surface area contributed by atoms with E-state index in [9.17, 15) is 0 Å². The van der Waals surface area contributed by atoms with E-state index in [2.05, 4.69) is 195 Å². The topological polar surface area (TPSA) is 3.24 Å². The summed E-state index contributed by atoms with van der Waals surface area (Å²) in [6, 6.07) is 60.0. The Kier molecular flexibility index (Phi) is 6.55. The van der Waals surface area contributed by atoms with Gasteiger partial charge in [0.05, 0.1) is 11.4 Å². The second kappa shape index (κ2) is 11.1. The molecule has 1 aliphatic heterocycles. The van der Waals surface area contributed by atoms with E-state index in [0.29, 0.717) is 0 Å². The van der Waals surface area contributed by atoms with Crippen LogP contribution >= 0.6 is 0 Å². The van der Waals surface area contributed by atoms with Gasteiger partial charge in [0.2, 0.25) is 0 Å². The molecule has 0 aromatic heterocycles. The quantitative estimate of drug-likeness (QED) is 0.191. The fourth-order valence-electron chi connectivity index (χ4n) is 7.71. The van der Waals surface area contributed by atoms with Crippen molar-refractivity contribution in [1.82, 2.24) is 0 Å². The molecule has 0 atom stereocenters. The zero-order valence-electron chi connectivity index (χ0n) is 27.2. The van der Waals surface area contributed by atoms with E-state index in [0.717, 1.165) is 11.4 Å². The van der Waals surface area contributed by atoms with Crippen molar-refractivity contribution in [2.45, 2.75) is 19.3 Å². The first-order valence-corrected chi connectivity index (χ1v) is 16.8. The molecule has 0 bridgehead atoms. The second-order valence-corrected chi connectivity index (χ2v) is 13.4. The summed E-state index contributed by atoms with van der Waals surface area (Å²) in [4.78, 5) is 2.44. The van der Waals surface area contributed by atoms with Crippen LogP contribution in [0.2, 0.25) is 0 Å². The van der Waals surface area contributed by atoms with Crippen molar-refractivity contribution in [3.05, 3.63) is 186 Å². The van der Waals surface area contributed by atoms with Crippen molar-refractivity contribution in [2.24, 2.45) is 0 Å². The van der Waals surface area contributed by atoms with Crippen LogP contribution < -0.4 is 4.90 Å². The third kappa shape index (κ3) is 4.62.